The number of fused-ring (bicyclic) bond motifs is 1. The Labute approximate surface area is 117 Å². The van der Waals surface area contributed by atoms with Crippen LogP contribution in [0.1, 0.15) is 41.1 Å². The maximum Gasteiger partial charge on any atom is 0.356 e. The van der Waals surface area contributed by atoms with Gasteiger partial charge in [0.05, 0.1) is 5.52 Å². The topological polar surface area (TPSA) is 57.8 Å². The van der Waals surface area contributed by atoms with Crippen LogP contribution in [0.4, 0.5) is 0 Å². The van der Waals surface area contributed by atoms with Crippen molar-refractivity contribution in [2.75, 3.05) is 19.6 Å². The van der Waals surface area contributed by atoms with Gasteiger partial charge in [-0.25, -0.2) is 9.78 Å². The second kappa shape index (κ2) is 4.90. The number of carboxylic acids is 1. The molecule has 0 aliphatic carbocycles. The number of rotatable bonds is 3. The van der Waals surface area contributed by atoms with Crippen LogP contribution in [-0.2, 0) is 0 Å². The fraction of sp³-hybridized carbons (Fsp3) is 0.467. The van der Waals surface area contributed by atoms with Crippen LogP contribution in [0.2, 0.25) is 0 Å². The summed E-state index contributed by atoms with van der Waals surface area (Å²) in [7, 11) is 0. The van der Waals surface area contributed by atoms with Crippen LogP contribution in [0, 0.1) is 6.92 Å². The molecule has 1 unspecified atom stereocenters. The highest BCUT2D eigenvalue weighted by Crippen LogP contribution is 2.28. The van der Waals surface area contributed by atoms with Gasteiger partial charge >= 0.3 is 5.97 Å². The first-order chi connectivity index (χ1) is 9.60. The molecule has 1 aliphatic rings. The number of aromatic nitrogens is 2. The summed E-state index contributed by atoms with van der Waals surface area (Å²) < 4.78 is 1.96. The third-order valence-electron chi connectivity index (χ3n) is 4.10. The molecule has 0 spiro atoms. The van der Waals surface area contributed by atoms with E-state index in [0.29, 0.717) is 11.4 Å². The molecule has 3 heterocycles. The smallest absolute Gasteiger partial charge is 0.356 e. The quantitative estimate of drug-likeness (QED) is 0.931. The van der Waals surface area contributed by atoms with Crippen molar-refractivity contribution in [2.45, 2.75) is 26.2 Å². The van der Waals surface area contributed by atoms with E-state index in [9.17, 15) is 9.90 Å². The molecule has 0 amide bonds. The van der Waals surface area contributed by atoms with Crippen LogP contribution in [0.3, 0.4) is 0 Å². The number of pyridine rings is 1. The number of carboxylic acid groups (broad SMARTS) is 1. The predicted molar refractivity (Wildman–Crippen MR) is 76.4 cm³/mol. The zero-order chi connectivity index (χ0) is 14.3. The van der Waals surface area contributed by atoms with E-state index < -0.39 is 5.97 Å². The molecule has 1 saturated heterocycles. The van der Waals surface area contributed by atoms with Gasteiger partial charge in [0.2, 0.25) is 0 Å². The Morgan fingerprint density at radius 1 is 1.50 bits per heavy atom. The zero-order valence-electron chi connectivity index (χ0n) is 11.8. The highest BCUT2D eigenvalue weighted by molar-refractivity contribution is 5.93. The average molecular weight is 273 g/mol. The van der Waals surface area contributed by atoms with Crippen LogP contribution in [-0.4, -0.2) is 45.0 Å². The molecular weight excluding hydrogens is 254 g/mol. The summed E-state index contributed by atoms with van der Waals surface area (Å²) in [6, 6.07) is 3.78. The standard InChI is InChI=1S/C15H19N3O2/c1-3-17-7-6-11(9-17)14-16-13(15(19)20)12-5-4-10(2)8-18(12)14/h4-5,8,11H,3,6-7,9H2,1-2H3,(H,19,20). The maximum atomic E-state index is 11.4. The van der Waals surface area contributed by atoms with Crippen LogP contribution in [0.25, 0.3) is 5.52 Å². The summed E-state index contributed by atoms with van der Waals surface area (Å²) in [5.41, 5.74) is 1.96. The molecule has 5 nitrogen and oxygen atoms in total. The lowest BCUT2D eigenvalue weighted by molar-refractivity contribution is 0.0693. The lowest BCUT2D eigenvalue weighted by Gasteiger charge is -2.12. The van der Waals surface area contributed by atoms with E-state index in [2.05, 4.69) is 16.8 Å². The van der Waals surface area contributed by atoms with Gasteiger partial charge in [-0.3, -0.25) is 0 Å². The fourth-order valence-electron chi connectivity index (χ4n) is 2.99. The summed E-state index contributed by atoms with van der Waals surface area (Å²) in [6.45, 7) is 7.22. The second-order valence-electron chi connectivity index (χ2n) is 5.46. The summed E-state index contributed by atoms with van der Waals surface area (Å²) in [6.07, 6.45) is 3.03. The number of likely N-dealkylation sites (N-methyl/N-ethyl adjacent to an activating group) is 1. The Bertz CT molecular complexity index is 662. The Morgan fingerprint density at radius 3 is 2.95 bits per heavy atom. The van der Waals surface area contributed by atoms with Crippen LogP contribution in [0.5, 0.6) is 0 Å². The van der Waals surface area contributed by atoms with Gasteiger partial charge in [-0.2, -0.15) is 0 Å². The second-order valence-corrected chi connectivity index (χ2v) is 5.46. The van der Waals surface area contributed by atoms with Gasteiger partial charge in [-0.1, -0.05) is 13.0 Å². The Balaban J connectivity index is 2.10. The highest BCUT2D eigenvalue weighted by Gasteiger charge is 2.28. The number of carbonyl (C=O) groups is 1. The van der Waals surface area contributed by atoms with E-state index in [1.807, 2.05) is 29.7 Å². The monoisotopic (exact) mass is 273 g/mol. The van der Waals surface area contributed by atoms with E-state index in [4.69, 9.17) is 0 Å². The third kappa shape index (κ3) is 2.08. The summed E-state index contributed by atoms with van der Waals surface area (Å²) >= 11 is 0. The number of aryl methyl sites for hydroxylation is 1. The van der Waals surface area contributed by atoms with Gasteiger partial charge < -0.3 is 14.4 Å². The molecule has 1 aliphatic heterocycles. The predicted octanol–water partition coefficient (Wildman–Crippen LogP) is 2.15. The van der Waals surface area contributed by atoms with Crippen LogP contribution in [0.15, 0.2) is 18.3 Å². The van der Waals surface area contributed by atoms with Crippen LogP contribution < -0.4 is 0 Å². The molecule has 1 N–H and O–H groups in total. The maximum absolute atomic E-state index is 11.4. The van der Waals surface area contributed by atoms with E-state index in [-0.39, 0.29) is 5.69 Å². The first-order valence-corrected chi connectivity index (χ1v) is 7.04. The van der Waals surface area contributed by atoms with Crippen molar-refractivity contribution in [1.82, 2.24) is 14.3 Å². The lowest BCUT2D eigenvalue weighted by atomic mass is 10.1. The number of aromatic carboxylic acids is 1. The van der Waals surface area contributed by atoms with Gasteiger partial charge in [-0.15, -0.1) is 0 Å². The summed E-state index contributed by atoms with van der Waals surface area (Å²) in [4.78, 5) is 18.2. The van der Waals surface area contributed by atoms with Crippen molar-refractivity contribution < 1.29 is 9.90 Å². The van der Waals surface area contributed by atoms with E-state index in [1.54, 1.807) is 0 Å². The van der Waals surface area contributed by atoms with E-state index in [0.717, 1.165) is 37.4 Å². The first kappa shape index (κ1) is 13.1. The van der Waals surface area contributed by atoms with Crippen LogP contribution >= 0.6 is 0 Å². The molecule has 20 heavy (non-hydrogen) atoms. The van der Waals surface area contributed by atoms with Gasteiger partial charge in [0.15, 0.2) is 5.69 Å². The Kier molecular flexibility index (Phi) is 3.22. The summed E-state index contributed by atoms with van der Waals surface area (Å²) in [5.74, 6) is 0.248. The molecule has 1 atom stereocenters. The Morgan fingerprint density at radius 2 is 2.30 bits per heavy atom. The van der Waals surface area contributed by atoms with Crippen molar-refractivity contribution in [2.24, 2.45) is 0 Å². The first-order valence-electron chi connectivity index (χ1n) is 7.04. The molecule has 3 rings (SSSR count). The number of nitrogens with zero attached hydrogens (tertiary/aromatic N) is 3. The fourth-order valence-corrected chi connectivity index (χ4v) is 2.99. The molecule has 106 valence electrons. The van der Waals surface area contributed by atoms with Crippen molar-refractivity contribution >= 4 is 11.5 Å². The molecule has 2 aromatic heterocycles. The minimum atomic E-state index is -0.956. The molecule has 0 saturated carbocycles. The van der Waals surface area contributed by atoms with Crippen molar-refractivity contribution in [3.63, 3.8) is 0 Å². The van der Waals surface area contributed by atoms with E-state index in [1.165, 1.54) is 0 Å². The number of hydrogen-bond donors (Lipinski definition) is 1. The molecule has 0 bridgehead atoms. The molecule has 0 radical (unpaired) electrons. The normalized spacial score (nSPS) is 19.8. The third-order valence-corrected chi connectivity index (χ3v) is 4.10. The molecular formula is C15H19N3O2. The molecule has 2 aromatic rings. The van der Waals surface area contributed by atoms with Crippen molar-refractivity contribution in [3.05, 3.63) is 35.4 Å². The SMILES string of the molecule is CCN1CCC(c2nc(C(=O)O)c3ccc(C)cn23)C1. The number of likely N-dealkylation sites (tertiary alicyclic amines) is 1. The lowest BCUT2D eigenvalue weighted by Crippen LogP contribution is -2.19. The number of imidazole rings is 1. The minimum Gasteiger partial charge on any atom is -0.476 e. The molecule has 1 fully saturated rings. The average Bonchev–Trinajstić information content (AvgIpc) is 3.01. The van der Waals surface area contributed by atoms with Gasteiger partial charge in [0.1, 0.15) is 5.82 Å². The molecule has 5 heteroatoms. The number of hydrogen-bond acceptors (Lipinski definition) is 3. The van der Waals surface area contributed by atoms with Crippen molar-refractivity contribution in [3.8, 4) is 0 Å². The summed E-state index contributed by atoms with van der Waals surface area (Å²) in [5, 5.41) is 9.32. The molecule has 0 aromatic carbocycles. The Hall–Kier alpha value is -1.88. The van der Waals surface area contributed by atoms with Crippen molar-refractivity contribution in [1.29, 1.82) is 0 Å². The minimum absolute atomic E-state index is 0.162. The van der Waals surface area contributed by atoms with Gasteiger partial charge in [-0.05, 0) is 38.1 Å². The van der Waals surface area contributed by atoms with Gasteiger partial charge in [0, 0.05) is 18.7 Å². The highest BCUT2D eigenvalue weighted by atomic mass is 16.4. The van der Waals surface area contributed by atoms with Gasteiger partial charge in [0.25, 0.3) is 0 Å². The zero-order valence-corrected chi connectivity index (χ0v) is 11.8. The largest absolute Gasteiger partial charge is 0.476 e. The van der Waals surface area contributed by atoms with E-state index >= 15 is 0 Å².